The zero-order valence-corrected chi connectivity index (χ0v) is 15.4. The Morgan fingerprint density at radius 2 is 1.83 bits per heavy atom. The Morgan fingerprint density at radius 3 is 2.33 bits per heavy atom. The van der Waals surface area contributed by atoms with Crippen LogP contribution in [0.1, 0.15) is 6.42 Å². The van der Waals surface area contributed by atoms with Crippen LogP contribution in [0.15, 0.2) is 6.07 Å². The normalized spacial score (nSPS) is 17.1. The molecular weight excluding hydrogens is 402 g/mol. The standard InChI is InChI=1S/C14H12Cl4N2O4/c1-20-4-6(2-10(20)22)14(23)24-5-9(21)19-13-11(17)7(15)3-8(16)12(13)18/h3,6H,2,4-5H2,1H3,(H,19,21)/t6-/m0/s1. The third-order valence-corrected chi connectivity index (χ3v) is 4.97. The number of nitrogens with one attached hydrogen (secondary N) is 1. The minimum Gasteiger partial charge on any atom is -0.455 e. The van der Waals surface area contributed by atoms with Gasteiger partial charge in [-0.15, -0.1) is 0 Å². The van der Waals surface area contributed by atoms with Crippen molar-refractivity contribution in [2.24, 2.45) is 5.92 Å². The first-order valence-electron chi connectivity index (χ1n) is 6.74. The van der Waals surface area contributed by atoms with E-state index in [1.807, 2.05) is 0 Å². The van der Waals surface area contributed by atoms with Crippen LogP contribution in [0.25, 0.3) is 0 Å². The van der Waals surface area contributed by atoms with Gasteiger partial charge in [-0.1, -0.05) is 46.4 Å². The van der Waals surface area contributed by atoms with Gasteiger partial charge in [0.1, 0.15) is 0 Å². The number of esters is 1. The van der Waals surface area contributed by atoms with Crippen LogP contribution in [0.4, 0.5) is 5.69 Å². The van der Waals surface area contributed by atoms with Crippen LogP contribution in [0.5, 0.6) is 0 Å². The molecule has 1 atom stereocenters. The molecule has 2 amide bonds. The summed E-state index contributed by atoms with van der Waals surface area (Å²) in [6.07, 6.45) is 0.0680. The monoisotopic (exact) mass is 412 g/mol. The molecule has 0 unspecified atom stereocenters. The largest absolute Gasteiger partial charge is 0.455 e. The Hall–Kier alpha value is -1.21. The lowest BCUT2D eigenvalue weighted by atomic mass is 10.1. The molecule has 1 aromatic carbocycles. The van der Waals surface area contributed by atoms with Crippen LogP contribution in [0.3, 0.4) is 0 Å². The van der Waals surface area contributed by atoms with E-state index in [0.29, 0.717) is 0 Å². The molecule has 2 rings (SSSR count). The maximum atomic E-state index is 11.9. The highest BCUT2D eigenvalue weighted by atomic mass is 35.5. The molecule has 1 aliphatic rings. The van der Waals surface area contributed by atoms with Crippen molar-refractivity contribution in [1.29, 1.82) is 0 Å². The number of hydrogen-bond donors (Lipinski definition) is 1. The van der Waals surface area contributed by atoms with E-state index in [0.717, 1.165) is 0 Å². The summed E-state index contributed by atoms with van der Waals surface area (Å²) in [7, 11) is 1.59. The molecular formula is C14H12Cl4N2O4. The van der Waals surface area contributed by atoms with Crippen LogP contribution in [0.2, 0.25) is 20.1 Å². The predicted octanol–water partition coefficient (Wildman–Crippen LogP) is 3.26. The van der Waals surface area contributed by atoms with E-state index in [9.17, 15) is 14.4 Å². The molecule has 0 aliphatic carbocycles. The molecule has 1 aromatic rings. The van der Waals surface area contributed by atoms with E-state index in [4.69, 9.17) is 51.1 Å². The molecule has 1 N–H and O–H groups in total. The van der Waals surface area contributed by atoms with Crippen LogP contribution < -0.4 is 5.32 Å². The lowest BCUT2D eigenvalue weighted by Crippen LogP contribution is -2.26. The van der Waals surface area contributed by atoms with Crippen molar-refractivity contribution in [2.45, 2.75) is 6.42 Å². The van der Waals surface area contributed by atoms with E-state index >= 15 is 0 Å². The second-order valence-electron chi connectivity index (χ2n) is 5.17. The van der Waals surface area contributed by atoms with Gasteiger partial charge in [0.2, 0.25) is 5.91 Å². The Balaban J connectivity index is 1.95. The molecule has 1 heterocycles. The highest BCUT2D eigenvalue weighted by Gasteiger charge is 2.33. The van der Waals surface area contributed by atoms with Crippen molar-refractivity contribution in [2.75, 3.05) is 25.5 Å². The van der Waals surface area contributed by atoms with E-state index < -0.39 is 24.4 Å². The minimum atomic E-state index is -0.664. The fourth-order valence-electron chi connectivity index (χ4n) is 2.13. The number of anilines is 1. The summed E-state index contributed by atoms with van der Waals surface area (Å²) in [5.41, 5.74) is 0.0349. The molecule has 1 aliphatic heterocycles. The lowest BCUT2D eigenvalue weighted by Gasteiger charge is -2.13. The van der Waals surface area contributed by atoms with Crippen molar-refractivity contribution >= 4 is 69.9 Å². The third kappa shape index (κ3) is 4.25. The highest BCUT2D eigenvalue weighted by Crippen LogP contribution is 2.40. The van der Waals surface area contributed by atoms with Gasteiger partial charge in [0.25, 0.3) is 5.91 Å². The molecule has 10 heteroatoms. The van der Waals surface area contributed by atoms with Crippen LogP contribution in [-0.4, -0.2) is 42.9 Å². The van der Waals surface area contributed by atoms with E-state index in [1.54, 1.807) is 7.05 Å². The van der Waals surface area contributed by atoms with Crippen molar-refractivity contribution in [3.05, 3.63) is 26.2 Å². The average Bonchev–Trinajstić information content (AvgIpc) is 2.86. The second-order valence-corrected chi connectivity index (χ2v) is 6.74. The van der Waals surface area contributed by atoms with Crippen LogP contribution in [-0.2, 0) is 19.1 Å². The fraction of sp³-hybridized carbons (Fsp3) is 0.357. The summed E-state index contributed by atoms with van der Waals surface area (Å²) in [6.45, 7) is -0.287. The van der Waals surface area contributed by atoms with Crippen molar-refractivity contribution in [1.82, 2.24) is 4.90 Å². The number of amides is 2. The fourth-order valence-corrected chi connectivity index (χ4v) is 3.04. The van der Waals surface area contributed by atoms with Crippen molar-refractivity contribution < 1.29 is 19.1 Å². The van der Waals surface area contributed by atoms with E-state index in [1.165, 1.54) is 11.0 Å². The number of benzene rings is 1. The molecule has 0 aromatic heterocycles. The van der Waals surface area contributed by atoms with Crippen LogP contribution >= 0.6 is 46.4 Å². The van der Waals surface area contributed by atoms with E-state index in [2.05, 4.69) is 5.32 Å². The number of ether oxygens (including phenoxy) is 1. The second kappa shape index (κ2) is 7.78. The minimum absolute atomic E-state index is 0.0220. The Kier molecular flexibility index (Phi) is 6.20. The van der Waals surface area contributed by atoms with Gasteiger partial charge < -0.3 is 15.0 Å². The third-order valence-electron chi connectivity index (χ3n) is 3.40. The number of halogens is 4. The first-order valence-corrected chi connectivity index (χ1v) is 8.25. The number of rotatable bonds is 4. The Bertz CT molecular complexity index is 684. The quantitative estimate of drug-likeness (QED) is 0.607. The maximum absolute atomic E-state index is 11.9. The van der Waals surface area contributed by atoms with Crippen molar-refractivity contribution in [3.8, 4) is 0 Å². The topological polar surface area (TPSA) is 75.7 Å². The predicted molar refractivity (Wildman–Crippen MR) is 91.8 cm³/mol. The van der Waals surface area contributed by atoms with Gasteiger partial charge in [-0.05, 0) is 6.07 Å². The lowest BCUT2D eigenvalue weighted by molar-refractivity contribution is -0.151. The summed E-state index contributed by atoms with van der Waals surface area (Å²) in [5.74, 6) is -2.01. The molecule has 24 heavy (non-hydrogen) atoms. The summed E-state index contributed by atoms with van der Waals surface area (Å²) < 4.78 is 4.91. The van der Waals surface area contributed by atoms with Crippen LogP contribution in [0, 0.1) is 5.92 Å². The summed E-state index contributed by atoms with van der Waals surface area (Å²) in [5, 5.41) is 2.67. The van der Waals surface area contributed by atoms with E-state index in [-0.39, 0.29) is 44.7 Å². The first-order chi connectivity index (χ1) is 11.2. The molecule has 0 bridgehead atoms. The molecule has 1 fully saturated rings. The molecule has 6 nitrogen and oxygen atoms in total. The molecule has 0 saturated carbocycles. The van der Waals surface area contributed by atoms with Gasteiger partial charge in [0.05, 0.1) is 31.7 Å². The zero-order valence-electron chi connectivity index (χ0n) is 12.4. The Labute approximate surface area is 157 Å². The SMILES string of the molecule is CN1C[C@@H](C(=O)OCC(=O)Nc2c(Cl)c(Cl)cc(Cl)c2Cl)CC1=O. The summed E-state index contributed by atoms with van der Waals surface area (Å²) >= 11 is 23.7. The van der Waals surface area contributed by atoms with Gasteiger partial charge in [0, 0.05) is 20.0 Å². The number of hydrogen-bond acceptors (Lipinski definition) is 4. The van der Waals surface area contributed by atoms with Gasteiger partial charge >= 0.3 is 5.97 Å². The number of carbonyl (C=O) groups is 3. The highest BCUT2D eigenvalue weighted by molar-refractivity contribution is 6.50. The van der Waals surface area contributed by atoms with Gasteiger partial charge in [-0.2, -0.15) is 0 Å². The molecule has 0 radical (unpaired) electrons. The summed E-state index contributed by atoms with van der Waals surface area (Å²) in [4.78, 5) is 36.6. The summed E-state index contributed by atoms with van der Waals surface area (Å²) in [6, 6.07) is 1.34. The van der Waals surface area contributed by atoms with Gasteiger partial charge in [-0.3, -0.25) is 14.4 Å². The number of likely N-dealkylation sites (tertiary alicyclic amines) is 1. The number of nitrogens with zero attached hydrogens (tertiary/aromatic N) is 1. The smallest absolute Gasteiger partial charge is 0.311 e. The molecule has 130 valence electrons. The van der Waals surface area contributed by atoms with Gasteiger partial charge in [-0.25, -0.2) is 0 Å². The Morgan fingerprint density at radius 1 is 1.25 bits per heavy atom. The van der Waals surface area contributed by atoms with Crippen molar-refractivity contribution in [3.63, 3.8) is 0 Å². The molecule has 1 saturated heterocycles. The first kappa shape index (κ1) is 19.1. The molecule has 0 spiro atoms. The zero-order chi connectivity index (χ0) is 18.0. The maximum Gasteiger partial charge on any atom is 0.311 e. The average molecular weight is 414 g/mol. The van der Waals surface area contributed by atoms with Gasteiger partial charge in [0.15, 0.2) is 6.61 Å². The number of carbonyl (C=O) groups excluding carboxylic acids is 3.